The summed E-state index contributed by atoms with van der Waals surface area (Å²) in [5, 5.41) is 0. The fourth-order valence-corrected chi connectivity index (χ4v) is 2.67. The molecule has 0 fully saturated rings. The van der Waals surface area contributed by atoms with Crippen LogP contribution in [0, 0.1) is 5.92 Å². The molecule has 4 heteroatoms. The van der Waals surface area contributed by atoms with Gasteiger partial charge in [0.25, 0.3) is 0 Å². The molecule has 0 amide bonds. The van der Waals surface area contributed by atoms with E-state index in [9.17, 15) is 0 Å². The van der Waals surface area contributed by atoms with Gasteiger partial charge in [-0.05, 0) is 30.5 Å². The summed E-state index contributed by atoms with van der Waals surface area (Å²) in [6.07, 6.45) is 0. The third kappa shape index (κ3) is 5.65. The lowest BCUT2D eigenvalue weighted by atomic mass is 9.98. The number of nitrogens with zero attached hydrogens (tertiary/aromatic N) is 1. The Hall–Kier alpha value is -1.10. The number of hydrogen-bond donors (Lipinski definition) is 1. The van der Waals surface area contributed by atoms with Gasteiger partial charge in [0.2, 0.25) is 0 Å². The number of nitrogens with two attached hydrogens (primary N) is 1. The Kier molecular flexibility index (Phi) is 7.72. The molecule has 0 bridgehead atoms. The van der Waals surface area contributed by atoms with Crippen molar-refractivity contribution in [2.75, 3.05) is 33.9 Å². The zero-order valence-corrected chi connectivity index (χ0v) is 14.0. The van der Waals surface area contributed by atoms with Gasteiger partial charge in [-0.1, -0.05) is 26.0 Å². The van der Waals surface area contributed by atoms with E-state index in [1.807, 2.05) is 12.1 Å². The third-order valence-electron chi connectivity index (χ3n) is 3.53. The highest BCUT2D eigenvalue weighted by atomic mass is 16.5. The van der Waals surface area contributed by atoms with Crippen LogP contribution in [-0.2, 0) is 4.74 Å². The van der Waals surface area contributed by atoms with Crippen LogP contribution in [-0.4, -0.2) is 44.9 Å². The van der Waals surface area contributed by atoms with Gasteiger partial charge in [0, 0.05) is 32.3 Å². The van der Waals surface area contributed by atoms with Gasteiger partial charge in [0.05, 0.1) is 13.7 Å². The Balaban J connectivity index is 2.98. The summed E-state index contributed by atoms with van der Waals surface area (Å²) in [4.78, 5) is 2.42. The molecule has 1 aromatic carbocycles. The van der Waals surface area contributed by atoms with Crippen LogP contribution in [0.25, 0.3) is 0 Å². The van der Waals surface area contributed by atoms with E-state index in [1.165, 1.54) is 5.56 Å². The van der Waals surface area contributed by atoms with Crippen LogP contribution in [0.2, 0.25) is 0 Å². The van der Waals surface area contributed by atoms with Crippen LogP contribution in [0.15, 0.2) is 24.3 Å². The predicted molar refractivity (Wildman–Crippen MR) is 87.7 cm³/mol. The zero-order valence-electron chi connectivity index (χ0n) is 14.0. The summed E-state index contributed by atoms with van der Waals surface area (Å²) in [6, 6.07) is 8.44. The van der Waals surface area contributed by atoms with Gasteiger partial charge in [0.1, 0.15) is 5.75 Å². The molecule has 0 aromatic heterocycles. The van der Waals surface area contributed by atoms with Crippen molar-refractivity contribution in [3.05, 3.63) is 29.8 Å². The number of rotatable bonds is 9. The number of hydrogen-bond acceptors (Lipinski definition) is 4. The molecular formula is C17H30N2O2. The van der Waals surface area contributed by atoms with Crippen LogP contribution in [0.4, 0.5) is 0 Å². The second kappa shape index (κ2) is 9.03. The number of benzene rings is 1. The lowest BCUT2D eigenvalue weighted by Gasteiger charge is -2.35. The van der Waals surface area contributed by atoms with Gasteiger partial charge >= 0.3 is 0 Å². The zero-order chi connectivity index (χ0) is 15.8. The topological polar surface area (TPSA) is 47.7 Å². The van der Waals surface area contributed by atoms with Crippen LogP contribution in [0.5, 0.6) is 5.75 Å². The minimum atomic E-state index is 0.0500. The Bertz CT molecular complexity index is 390. The molecule has 0 aliphatic carbocycles. The monoisotopic (exact) mass is 294 g/mol. The van der Waals surface area contributed by atoms with Crippen molar-refractivity contribution >= 4 is 0 Å². The highest BCUT2D eigenvalue weighted by molar-refractivity contribution is 5.30. The standard InChI is InChI=1S/C17H30N2O2/c1-13(2)12-19(10-11-20-4)17(14(3)18)15-6-8-16(21-5)9-7-15/h6-9,13-14,17H,10-12,18H2,1-5H3. The maximum Gasteiger partial charge on any atom is 0.118 e. The molecule has 1 aromatic rings. The normalized spacial score (nSPS) is 14.5. The second-order valence-electron chi connectivity index (χ2n) is 5.96. The Morgan fingerprint density at radius 3 is 2.14 bits per heavy atom. The molecule has 2 N–H and O–H groups in total. The molecule has 2 atom stereocenters. The maximum absolute atomic E-state index is 6.27. The van der Waals surface area contributed by atoms with Crippen molar-refractivity contribution in [1.29, 1.82) is 0 Å². The highest BCUT2D eigenvalue weighted by Gasteiger charge is 2.24. The molecule has 2 unspecified atom stereocenters. The predicted octanol–water partition coefficient (Wildman–Crippen LogP) is 2.69. The minimum Gasteiger partial charge on any atom is -0.497 e. The van der Waals surface area contributed by atoms with E-state index in [4.69, 9.17) is 15.2 Å². The first kappa shape index (κ1) is 18.0. The van der Waals surface area contributed by atoms with E-state index < -0.39 is 0 Å². The molecule has 21 heavy (non-hydrogen) atoms. The first-order valence-electron chi connectivity index (χ1n) is 7.62. The maximum atomic E-state index is 6.27. The fourth-order valence-electron chi connectivity index (χ4n) is 2.67. The van der Waals surface area contributed by atoms with E-state index in [-0.39, 0.29) is 12.1 Å². The summed E-state index contributed by atoms with van der Waals surface area (Å²) in [5.74, 6) is 1.45. The molecule has 0 aliphatic rings. The van der Waals surface area contributed by atoms with Crippen LogP contribution in [0.1, 0.15) is 32.4 Å². The van der Waals surface area contributed by atoms with E-state index in [1.54, 1.807) is 14.2 Å². The number of ether oxygens (including phenoxy) is 2. The van der Waals surface area contributed by atoms with E-state index >= 15 is 0 Å². The average Bonchev–Trinajstić information content (AvgIpc) is 2.44. The molecule has 0 heterocycles. The molecule has 0 saturated heterocycles. The van der Waals surface area contributed by atoms with Crippen molar-refractivity contribution in [2.45, 2.75) is 32.9 Å². The first-order valence-corrected chi connectivity index (χ1v) is 7.62. The van der Waals surface area contributed by atoms with Gasteiger partial charge < -0.3 is 15.2 Å². The van der Waals surface area contributed by atoms with Crippen LogP contribution in [0.3, 0.4) is 0 Å². The SMILES string of the molecule is COCCN(CC(C)C)C(c1ccc(OC)cc1)C(C)N. The smallest absolute Gasteiger partial charge is 0.118 e. The quantitative estimate of drug-likeness (QED) is 0.760. The Labute approximate surface area is 129 Å². The summed E-state index contributed by atoms with van der Waals surface area (Å²) in [5.41, 5.74) is 7.50. The summed E-state index contributed by atoms with van der Waals surface area (Å²) >= 11 is 0. The molecule has 0 saturated carbocycles. The van der Waals surface area contributed by atoms with E-state index in [0.29, 0.717) is 12.5 Å². The van der Waals surface area contributed by atoms with Gasteiger partial charge in [-0.25, -0.2) is 0 Å². The molecule has 0 spiro atoms. The van der Waals surface area contributed by atoms with Gasteiger partial charge in [-0.15, -0.1) is 0 Å². The van der Waals surface area contributed by atoms with Crippen molar-refractivity contribution in [2.24, 2.45) is 11.7 Å². The third-order valence-corrected chi connectivity index (χ3v) is 3.53. The van der Waals surface area contributed by atoms with Crippen molar-refractivity contribution < 1.29 is 9.47 Å². The van der Waals surface area contributed by atoms with Gasteiger partial charge in [-0.3, -0.25) is 4.90 Å². The lowest BCUT2D eigenvalue weighted by Crippen LogP contribution is -2.42. The van der Waals surface area contributed by atoms with E-state index in [0.717, 1.165) is 18.8 Å². The van der Waals surface area contributed by atoms with Crippen molar-refractivity contribution in [1.82, 2.24) is 4.90 Å². The van der Waals surface area contributed by atoms with Crippen molar-refractivity contribution in [3.8, 4) is 5.75 Å². The van der Waals surface area contributed by atoms with Crippen molar-refractivity contribution in [3.63, 3.8) is 0 Å². The van der Waals surface area contributed by atoms with Gasteiger partial charge in [0.15, 0.2) is 0 Å². The number of methoxy groups -OCH3 is 2. The molecule has 4 nitrogen and oxygen atoms in total. The largest absolute Gasteiger partial charge is 0.497 e. The summed E-state index contributed by atoms with van der Waals surface area (Å²) < 4.78 is 10.5. The summed E-state index contributed by atoms with van der Waals surface area (Å²) in [6.45, 7) is 9.12. The molecule has 120 valence electrons. The Morgan fingerprint density at radius 2 is 1.71 bits per heavy atom. The molecule has 0 radical (unpaired) electrons. The lowest BCUT2D eigenvalue weighted by molar-refractivity contribution is 0.101. The highest BCUT2D eigenvalue weighted by Crippen LogP contribution is 2.26. The minimum absolute atomic E-state index is 0.0500. The summed E-state index contributed by atoms with van der Waals surface area (Å²) in [7, 11) is 3.42. The van der Waals surface area contributed by atoms with Gasteiger partial charge in [-0.2, -0.15) is 0 Å². The van der Waals surface area contributed by atoms with E-state index in [2.05, 4.69) is 37.8 Å². The second-order valence-corrected chi connectivity index (χ2v) is 5.96. The van der Waals surface area contributed by atoms with Crippen LogP contribution >= 0.6 is 0 Å². The van der Waals surface area contributed by atoms with Crippen LogP contribution < -0.4 is 10.5 Å². The average molecular weight is 294 g/mol. The Morgan fingerprint density at radius 1 is 1.10 bits per heavy atom. The molecule has 0 aliphatic heterocycles. The fraction of sp³-hybridized carbons (Fsp3) is 0.647. The molecule has 1 rings (SSSR count). The molecular weight excluding hydrogens is 264 g/mol. The first-order chi connectivity index (χ1) is 9.99.